The molecular formula is C16H25N5O. The molecule has 0 aliphatic carbocycles. The van der Waals surface area contributed by atoms with Crippen LogP contribution in [0, 0.1) is 6.92 Å². The molecule has 120 valence electrons. The van der Waals surface area contributed by atoms with Crippen molar-refractivity contribution in [2.24, 2.45) is 0 Å². The van der Waals surface area contributed by atoms with E-state index in [0.717, 1.165) is 13.1 Å². The third kappa shape index (κ3) is 3.96. The van der Waals surface area contributed by atoms with E-state index < -0.39 is 0 Å². The summed E-state index contributed by atoms with van der Waals surface area (Å²) in [5.74, 6) is 0. The van der Waals surface area contributed by atoms with E-state index in [-0.39, 0.29) is 6.10 Å². The maximum atomic E-state index is 10.3. The van der Waals surface area contributed by atoms with Gasteiger partial charge in [0, 0.05) is 31.2 Å². The van der Waals surface area contributed by atoms with Crippen molar-refractivity contribution in [1.82, 2.24) is 24.5 Å². The number of β-amino-alcohol motifs (C(OH)–C–C–N with tert-alkyl or cyclic N) is 1. The molecule has 1 aliphatic heterocycles. The summed E-state index contributed by atoms with van der Waals surface area (Å²) in [5.41, 5.74) is 1.20. The van der Waals surface area contributed by atoms with Gasteiger partial charge < -0.3 is 5.11 Å². The minimum absolute atomic E-state index is 0.389. The monoisotopic (exact) mass is 303 g/mol. The Morgan fingerprint density at radius 2 is 2.18 bits per heavy atom. The maximum absolute atomic E-state index is 10.3. The number of hydrogen-bond donors (Lipinski definition) is 1. The highest BCUT2D eigenvalue weighted by Gasteiger charge is 2.25. The van der Waals surface area contributed by atoms with Gasteiger partial charge in [0.25, 0.3) is 0 Å². The largest absolute Gasteiger partial charge is 0.390 e. The lowest BCUT2D eigenvalue weighted by Gasteiger charge is -2.36. The van der Waals surface area contributed by atoms with Crippen LogP contribution in [0.4, 0.5) is 0 Å². The molecule has 6 heteroatoms. The lowest BCUT2D eigenvalue weighted by atomic mass is 10.0. The van der Waals surface area contributed by atoms with Gasteiger partial charge in [0.15, 0.2) is 0 Å². The number of aryl methyl sites for hydroxylation is 1. The molecule has 3 rings (SSSR count). The average Bonchev–Trinajstić information content (AvgIpc) is 3.13. The van der Waals surface area contributed by atoms with Gasteiger partial charge in [0.2, 0.25) is 0 Å². The SMILES string of the molecule is Cc1cnn(C[C@@H]2CCCCN2C[C@@H](O)Cn2cccn2)c1. The highest BCUT2D eigenvalue weighted by Crippen LogP contribution is 2.19. The average molecular weight is 303 g/mol. The summed E-state index contributed by atoms with van der Waals surface area (Å²) in [5, 5.41) is 18.9. The van der Waals surface area contributed by atoms with Gasteiger partial charge >= 0.3 is 0 Å². The van der Waals surface area contributed by atoms with E-state index in [1.807, 2.05) is 23.1 Å². The van der Waals surface area contributed by atoms with Crippen molar-refractivity contribution in [3.63, 3.8) is 0 Å². The van der Waals surface area contributed by atoms with E-state index in [1.54, 1.807) is 10.9 Å². The zero-order valence-electron chi connectivity index (χ0n) is 13.2. The molecule has 2 atom stereocenters. The Morgan fingerprint density at radius 1 is 1.27 bits per heavy atom. The fraction of sp³-hybridized carbons (Fsp3) is 0.625. The van der Waals surface area contributed by atoms with Gasteiger partial charge in [-0.1, -0.05) is 6.42 Å². The first kappa shape index (κ1) is 15.2. The Balaban J connectivity index is 1.57. The second kappa shape index (κ2) is 7.07. The Kier molecular flexibility index (Phi) is 4.90. The maximum Gasteiger partial charge on any atom is 0.0862 e. The van der Waals surface area contributed by atoms with Crippen LogP contribution in [0.15, 0.2) is 30.9 Å². The van der Waals surface area contributed by atoms with Gasteiger partial charge in [0.1, 0.15) is 0 Å². The highest BCUT2D eigenvalue weighted by atomic mass is 16.3. The zero-order valence-corrected chi connectivity index (χ0v) is 13.2. The zero-order chi connectivity index (χ0) is 15.4. The van der Waals surface area contributed by atoms with Crippen LogP contribution in [-0.2, 0) is 13.1 Å². The van der Waals surface area contributed by atoms with Crippen LogP contribution in [0.3, 0.4) is 0 Å². The Bertz CT molecular complexity index is 565. The Labute approximate surface area is 131 Å². The van der Waals surface area contributed by atoms with Gasteiger partial charge in [-0.15, -0.1) is 0 Å². The molecule has 1 N–H and O–H groups in total. The number of rotatable bonds is 6. The second-order valence-electron chi connectivity index (χ2n) is 6.27. The third-order valence-corrected chi connectivity index (χ3v) is 4.31. The van der Waals surface area contributed by atoms with E-state index >= 15 is 0 Å². The van der Waals surface area contributed by atoms with E-state index in [4.69, 9.17) is 0 Å². The van der Waals surface area contributed by atoms with E-state index in [9.17, 15) is 5.11 Å². The quantitative estimate of drug-likeness (QED) is 0.874. The summed E-state index contributed by atoms with van der Waals surface area (Å²) >= 11 is 0. The molecule has 0 spiro atoms. The van der Waals surface area contributed by atoms with Crippen LogP contribution in [-0.4, -0.2) is 54.8 Å². The molecule has 1 aliphatic rings. The Hall–Kier alpha value is -1.66. The van der Waals surface area contributed by atoms with E-state index in [2.05, 4.69) is 28.2 Å². The van der Waals surface area contributed by atoms with Crippen molar-refractivity contribution in [1.29, 1.82) is 0 Å². The molecular weight excluding hydrogens is 278 g/mol. The molecule has 3 heterocycles. The first-order valence-corrected chi connectivity index (χ1v) is 8.09. The van der Waals surface area contributed by atoms with Gasteiger partial charge in [-0.25, -0.2) is 0 Å². The molecule has 0 saturated carbocycles. The molecule has 0 amide bonds. The first-order valence-electron chi connectivity index (χ1n) is 8.09. The van der Waals surface area contributed by atoms with Crippen LogP contribution in [0.5, 0.6) is 0 Å². The first-order chi connectivity index (χ1) is 10.7. The lowest BCUT2D eigenvalue weighted by molar-refractivity contribution is 0.0496. The fourth-order valence-corrected chi connectivity index (χ4v) is 3.24. The predicted octanol–water partition coefficient (Wildman–Crippen LogP) is 1.30. The number of aliphatic hydroxyl groups excluding tert-OH is 1. The van der Waals surface area contributed by atoms with Crippen LogP contribution in [0.1, 0.15) is 24.8 Å². The molecule has 1 fully saturated rings. The lowest BCUT2D eigenvalue weighted by Crippen LogP contribution is -2.46. The second-order valence-corrected chi connectivity index (χ2v) is 6.27. The van der Waals surface area contributed by atoms with Crippen molar-refractivity contribution >= 4 is 0 Å². The predicted molar refractivity (Wildman–Crippen MR) is 84.4 cm³/mol. The minimum Gasteiger partial charge on any atom is -0.390 e. The number of likely N-dealkylation sites (tertiary alicyclic amines) is 1. The third-order valence-electron chi connectivity index (χ3n) is 4.31. The van der Waals surface area contributed by atoms with Gasteiger partial charge in [0.05, 0.1) is 25.4 Å². The molecule has 1 saturated heterocycles. The number of hydrogen-bond acceptors (Lipinski definition) is 4. The highest BCUT2D eigenvalue weighted by molar-refractivity contribution is 4.99. The standard InChI is InChI=1S/C16H25N5O/c1-14-9-18-21(10-14)11-15-5-2-3-7-19(15)12-16(22)13-20-8-4-6-17-20/h4,6,8-10,15-16,22H,2-3,5,7,11-13H2,1H3/t15-,16+/m0/s1. The van der Waals surface area contributed by atoms with E-state index in [0.29, 0.717) is 19.1 Å². The molecule has 0 aromatic carbocycles. The topological polar surface area (TPSA) is 59.1 Å². The van der Waals surface area contributed by atoms with Crippen LogP contribution in [0.2, 0.25) is 0 Å². The van der Waals surface area contributed by atoms with Gasteiger partial charge in [-0.2, -0.15) is 10.2 Å². The summed E-state index contributed by atoms with van der Waals surface area (Å²) in [4.78, 5) is 2.41. The number of aromatic nitrogens is 4. The van der Waals surface area contributed by atoms with Crippen molar-refractivity contribution in [3.8, 4) is 0 Å². The summed E-state index contributed by atoms with van der Waals surface area (Å²) in [6.07, 6.45) is 10.9. The summed E-state index contributed by atoms with van der Waals surface area (Å²) < 4.78 is 3.82. The molecule has 2 aromatic rings. The van der Waals surface area contributed by atoms with Crippen LogP contribution >= 0.6 is 0 Å². The number of nitrogens with zero attached hydrogens (tertiary/aromatic N) is 5. The van der Waals surface area contributed by atoms with Crippen molar-refractivity contribution in [2.45, 2.75) is 51.4 Å². The fourth-order valence-electron chi connectivity index (χ4n) is 3.24. The molecule has 0 unspecified atom stereocenters. The van der Waals surface area contributed by atoms with Crippen LogP contribution < -0.4 is 0 Å². The van der Waals surface area contributed by atoms with Gasteiger partial charge in [-0.3, -0.25) is 14.3 Å². The van der Waals surface area contributed by atoms with Crippen LogP contribution in [0.25, 0.3) is 0 Å². The molecule has 2 aromatic heterocycles. The van der Waals surface area contributed by atoms with Crippen molar-refractivity contribution in [3.05, 3.63) is 36.4 Å². The number of aliphatic hydroxyl groups is 1. The van der Waals surface area contributed by atoms with E-state index in [1.165, 1.54) is 24.8 Å². The molecule has 22 heavy (non-hydrogen) atoms. The smallest absolute Gasteiger partial charge is 0.0862 e. The van der Waals surface area contributed by atoms with Crippen molar-refractivity contribution in [2.75, 3.05) is 13.1 Å². The molecule has 0 radical (unpaired) electrons. The number of piperidine rings is 1. The summed E-state index contributed by atoms with van der Waals surface area (Å²) in [6, 6.07) is 2.34. The Morgan fingerprint density at radius 3 is 2.91 bits per heavy atom. The normalized spacial score (nSPS) is 21.1. The molecule has 0 bridgehead atoms. The van der Waals surface area contributed by atoms with Gasteiger partial charge in [-0.05, 0) is 37.9 Å². The minimum atomic E-state index is -0.389. The summed E-state index contributed by atoms with van der Waals surface area (Å²) in [6.45, 7) is 5.28. The summed E-state index contributed by atoms with van der Waals surface area (Å²) in [7, 11) is 0. The molecule has 6 nitrogen and oxygen atoms in total. The van der Waals surface area contributed by atoms with Crippen molar-refractivity contribution < 1.29 is 5.11 Å².